The molecule has 5 nitrogen and oxygen atoms in total. The van der Waals surface area contributed by atoms with Crippen molar-refractivity contribution in [1.29, 1.82) is 5.26 Å². The number of hydrogen-bond acceptors (Lipinski definition) is 4. The first-order valence-corrected chi connectivity index (χ1v) is 11.0. The molecular weight excluding hydrogens is 477 g/mol. The molecule has 0 bridgehead atoms. The van der Waals surface area contributed by atoms with Gasteiger partial charge in [0.25, 0.3) is 0 Å². The van der Waals surface area contributed by atoms with Crippen molar-refractivity contribution in [3.63, 3.8) is 0 Å². The maximum Gasteiger partial charge on any atom is 0.417 e. The third kappa shape index (κ3) is 5.21. The second kappa shape index (κ2) is 9.90. The van der Waals surface area contributed by atoms with Crippen LogP contribution in [0.4, 0.5) is 13.2 Å². The molecule has 0 amide bonds. The van der Waals surface area contributed by atoms with Gasteiger partial charge in [0.2, 0.25) is 0 Å². The van der Waals surface area contributed by atoms with E-state index in [-0.39, 0.29) is 17.3 Å². The molecule has 35 heavy (non-hydrogen) atoms. The summed E-state index contributed by atoms with van der Waals surface area (Å²) in [6.45, 7) is 1.84. The van der Waals surface area contributed by atoms with Crippen LogP contribution >= 0.6 is 11.6 Å². The number of rotatable bonds is 6. The molecule has 0 N–H and O–H groups in total. The zero-order chi connectivity index (χ0) is 25.2. The number of nitriles is 1. The number of imidazole rings is 1. The number of ether oxygens (including phenoxy) is 1. The van der Waals surface area contributed by atoms with Crippen molar-refractivity contribution < 1.29 is 17.9 Å². The number of hydrogen-bond donors (Lipinski definition) is 0. The fraction of sp³-hybridized carbons (Fsp3) is 0.192. The molecular formula is C26H20ClF3N4O. The van der Waals surface area contributed by atoms with E-state index in [1.807, 2.05) is 44.3 Å². The molecule has 9 heteroatoms. The van der Waals surface area contributed by atoms with Crippen LogP contribution in [0.1, 0.15) is 39.7 Å². The highest BCUT2D eigenvalue weighted by Gasteiger charge is 2.31. The Morgan fingerprint density at radius 1 is 1.11 bits per heavy atom. The molecule has 0 fully saturated rings. The normalized spacial score (nSPS) is 12.4. The number of halogens is 4. The molecule has 0 saturated carbocycles. The van der Waals surface area contributed by atoms with Crippen molar-refractivity contribution in [2.24, 2.45) is 7.05 Å². The predicted octanol–water partition coefficient (Wildman–Crippen LogP) is 6.64. The molecule has 4 rings (SSSR count). The van der Waals surface area contributed by atoms with Crippen molar-refractivity contribution in [3.05, 3.63) is 106 Å². The van der Waals surface area contributed by atoms with Gasteiger partial charge in [-0.2, -0.15) is 18.4 Å². The van der Waals surface area contributed by atoms with E-state index in [0.717, 1.165) is 34.5 Å². The number of aryl methyl sites for hydroxylation is 2. The van der Waals surface area contributed by atoms with Gasteiger partial charge in [0, 0.05) is 18.8 Å². The number of alkyl halides is 3. The Hall–Kier alpha value is -3.67. The van der Waals surface area contributed by atoms with E-state index in [0.29, 0.717) is 11.3 Å². The molecule has 178 valence electrons. The Labute approximate surface area is 205 Å². The Kier molecular flexibility index (Phi) is 6.92. The summed E-state index contributed by atoms with van der Waals surface area (Å²) in [4.78, 5) is 8.05. The first-order chi connectivity index (χ1) is 16.7. The lowest BCUT2D eigenvalue weighted by Gasteiger charge is -2.21. The fourth-order valence-corrected chi connectivity index (χ4v) is 4.00. The van der Waals surface area contributed by atoms with E-state index in [2.05, 4.69) is 16.0 Å². The average molecular weight is 497 g/mol. The van der Waals surface area contributed by atoms with Crippen LogP contribution in [0.25, 0.3) is 11.1 Å². The highest BCUT2D eigenvalue weighted by molar-refractivity contribution is 6.31. The van der Waals surface area contributed by atoms with E-state index in [1.54, 1.807) is 29.2 Å². The molecule has 0 saturated heterocycles. The van der Waals surface area contributed by atoms with Crippen LogP contribution in [0.5, 0.6) is 0 Å². The minimum absolute atomic E-state index is 0.132. The molecule has 2 aromatic heterocycles. The smallest absolute Gasteiger partial charge is 0.361 e. The summed E-state index contributed by atoms with van der Waals surface area (Å²) in [5.41, 5.74) is 3.91. The lowest BCUT2D eigenvalue weighted by Crippen LogP contribution is -2.12. The third-order valence-corrected chi connectivity index (χ3v) is 5.98. The summed E-state index contributed by atoms with van der Waals surface area (Å²) in [6, 6.07) is 16.2. The quantitative estimate of drug-likeness (QED) is 0.300. The second-order valence-electron chi connectivity index (χ2n) is 8.00. The van der Waals surface area contributed by atoms with Gasteiger partial charge in [0.1, 0.15) is 6.10 Å². The van der Waals surface area contributed by atoms with Crippen LogP contribution in [0.2, 0.25) is 5.02 Å². The number of aromatic nitrogens is 3. The summed E-state index contributed by atoms with van der Waals surface area (Å²) in [6.07, 6.45) is -1.17. The second-order valence-corrected chi connectivity index (χ2v) is 8.41. The highest BCUT2D eigenvalue weighted by atomic mass is 35.5. The molecule has 4 aromatic rings. The standard InChI is InChI=1S/C26H20ClF3N4O/c1-16-5-3-4-6-20(16)21-9-17(7-8-18(21)11-31)25(24-13-32-15-34(24)2)35-14-23-22(27)10-19(12-33-23)26(28,29)30/h3-10,12-13,15,25H,14H2,1-2H3. The van der Waals surface area contributed by atoms with E-state index in [4.69, 9.17) is 16.3 Å². The van der Waals surface area contributed by atoms with Crippen molar-refractivity contribution in [1.82, 2.24) is 14.5 Å². The van der Waals surface area contributed by atoms with E-state index < -0.39 is 17.8 Å². The summed E-state index contributed by atoms with van der Waals surface area (Å²) in [5.74, 6) is 0. The van der Waals surface area contributed by atoms with Crippen LogP contribution in [-0.2, 0) is 24.6 Å². The van der Waals surface area contributed by atoms with Crippen LogP contribution in [0.3, 0.4) is 0 Å². The van der Waals surface area contributed by atoms with Crippen LogP contribution in [0.15, 0.2) is 67.3 Å². The van der Waals surface area contributed by atoms with Gasteiger partial charge in [-0.25, -0.2) is 4.98 Å². The molecule has 1 unspecified atom stereocenters. The number of pyridine rings is 1. The predicted molar refractivity (Wildman–Crippen MR) is 125 cm³/mol. The van der Waals surface area contributed by atoms with E-state index in [1.165, 1.54) is 0 Å². The zero-order valence-electron chi connectivity index (χ0n) is 18.8. The fourth-order valence-electron chi connectivity index (χ4n) is 3.78. The highest BCUT2D eigenvalue weighted by Crippen LogP contribution is 2.35. The summed E-state index contributed by atoms with van der Waals surface area (Å²) in [5, 5.41) is 9.56. The van der Waals surface area contributed by atoms with E-state index in [9.17, 15) is 18.4 Å². The topological polar surface area (TPSA) is 63.7 Å². The number of benzene rings is 2. The van der Waals surface area contributed by atoms with Gasteiger partial charge in [-0.3, -0.25) is 4.98 Å². The zero-order valence-corrected chi connectivity index (χ0v) is 19.6. The van der Waals surface area contributed by atoms with Crippen LogP contribution in [-0.4, -0.2) is 14.5 Å². The first kappa shape index (κ1) is 24.5. The average Bonchev–Trinajstić information content (AvgIpc) is 3.25. The largest absolute Gasteiger partial charge is 0.417 e. The lowest BCUT2D eigenvalue weighted by atomic mass is 9.93. The van der Waals surface area contributed by atoms with Crippen LogP contribution < -0.4 is 0 Å². The SMILES string of the molecule is Cc1ccccc1-c1cc(C(OCc2ncc(C(F)(F)F)cc2Cl)c2cncn2C)ccc1C#N. The van der Waals surface area contributed by atoms with Crippen molar-refractivity contribution in [2.75, 3.05) is 0 Å². The monoisotopic (exact) mass is 496 g/mol. The van der Waals surface area contributed by atoms with Gasteiger partial charge in [0.05, 0.1) is 52.7 Å². The Morgan fingerprint density at radius 3 is 2.51 bits per heavy atom. The Morgan fingerprint density at radius 2 is 1.89 bits per heavy atom. The minimum atomic E-state index is -4.54. The molecule has 1 atom stereocenters. The van der Waals surface area contributed by atoms with Gasteiger partial charge in [-0.15, -0.1) is 0 Å². The van der Waals surface area contributed by atoms with Crippen molar-refractivity contribution in [3.8, 4) is 17.2 Å². The molecule has 0 radical (unpaired) electrons. The molecule has 0 aliphatic heterocycles. The number of nitrogens with zero attached hydrogens (tertiary/aromatic N) is 4. The summed E-state index contributed by atoms with van der Waals surface area (Å²) >= 11 is 6.09. The lowest BCUT2D eigenvalue weighted by molar-refractivity contribution is -0.137. The molecule has 0 spiro atoms. The Balaban J connectivity index is 1.73. The van der Waals surface area contributed by atoms with Gasteiger partial charge in [-0.1, -0.05) is 41.9 Å². The maximum absolute atomic E-state index is 13.0. The van der Waals surface area contributed by atoms with Crippen molar-refractivity contribution in [2.45, 2.75) is 25.8 Å². The Bertz CT molecular complexity index is 1410. The van der Waals surface area contributed by atoms with Crippen molar-refractivity contribution >= 4 is 11.6 Å². The molecule has 0 aliphatic carbocycles. The maximum atomic E-state index is 13.0. The van der Waals surface area contributed by atoms with Gasteiger partial charge >= 0.3 is 6.18 Å². The first-order valence-electron chi connectivity index (χ1n) is 10.6. The summed E-state index contributed by atoms with van der Waals surface area (Å²) < 4.78 is 46.9. The molecule has 0 aliphatic rings. The summed E-state index contributed by atoms with van der Waals surface area (Å²) in [7, 11) is 1.81. The van der Waals surface area contributed by atoms with Crippen LogP contribution in [0, 0.1) is 18.3 Å². The molecule has 2 aromatic carbocycles. The minimum Gasteiger partial charge on any atom is -0.361 e. The van der Waals surface area contributed by atoms with E-state index >= 15 is 0 Å². The van der Waals surface area contributed by atoms with Gasteiger partial charge in [0.15, 0.2) is 0 Å². The molecule has 2 heterocycles. The third-order valence-electron chi connectivity index (χ3n) is 5.66. The van der Waals surface area contributed by atoms with Gasteiger partial charge < -0.3 is 9.30 Å². The van der Waals surface area contributed by atoms with Gasteiger partial charge in [-0.05, 0) is 41.8 Å².